The number of hydrogen-bond donors (Lipinski definition) is 0. The van der Waals surface area contributed by atoms with Crippen LogP contribution < -0.4 is 0 Å². The summed E-state index contributed by atoms with van der Waals surface area (Å²) in [7, 11) is 1.73. The van der Waals surface area contributed by atoms with Gasteiger partial charge < -0.3 is 13.8 Å². The molecular formula is C14H19N5O3. The third-order valence-electron chi connectivity index (χ3n) is 4.28. The average molecular weight is 305 g/mol. The standard InChI is InChI=1S/C14H19N5O3/c1-8-15-14(22-17-8)11-5-10(20-2)6-19(11)7-12-16-13(21-18-12)9-3-4-9/h9-11H,3-7H2,1-2H3/t10-,11+/m0/s1. The van der Waals surface area contributed by atoms with Crippen LogP contribution in [-0.2, 0) is 11.3 Å². The highest BCUT2D eigenvalue weighted by Crippen LogP contribution is 2.39. The van der Waals surface area contributed by atoms with Crippen LogP contribution in [0.1, 0.15) is 54.7 Å². The maximum Gasteiger partial charge on any atom is 0.244 e. The van der Waals surface area contributed by atoms with Crippen LogP contribution in [0.4, 0.5) is 0 Å². The van der Waals surface area contributed by atoms with Gasteiger partial charge in [-0.15, -0.1) is 0 Å². The third kappa shape index (κ3) is 2.64. The van der Waals surface area contributed by atoms with Crippen molar-refractivity contribution in [3.05, 3.63) is 23.4 Å². The van der Waals surface area contributed by atoms with Crippen LogP contribution in [0.3, 0.4) is 0 Å². The predicted octanol–water partition coefficient (Wildman–Crippen LogP) is 1.60. The van der Waals surface area contributed by atoms with E-state index < -0.39 is 0 Å². The molecule has 2 aliphatic rings. The molecule has 2 aromatic heterocycles. The number of ether oxygens (including phenoxy) is 1. The van der Waals surface area contributed by atoms with E-state index in [1.165, 1.54) is 0 Å². The topological polar surface area (TPSA) is 90.3 Å². The van der Waals surface area contributed by atoms with Gasteiger partial charge in [0, 0.05) is 19.6 Å². The van der Waals surface area contributed by atoms with Crippen LogP contribution in [0.25, 0.3) is 0 Å². The lowest BCUT2D eigenvalue weighted by Gasteiger charge is -2.18. The molecule has 0 bridgehead atoms. The third-order valence-corrected chi connectivity index (χ3v) is 4.28. The second-order valence-corrected chi connectivity index (χ2v) is 6.04. The summed E-state index contributed by atoms with van der Waals surface area (Å²) in [6, 6.07) is 0.0361. The number of likely N-dealkylation sites (tertiary alicyclic amines) is 1. The molecule has 0 N–H and O–H groups in total. The van der Waals surface area contributed by atoms with Crippen LogP contribution in [0.2, 0.25) is 0 Å². The second kappa shape index (κ2) is 5.44. The van der Waals surface area contributed by atoms with Gasteiger partial charge in [-0.25, -0.2) is 0 Å². The van der Waals surface area contributed by atoms with E-state index in [2.05, 4.69) is 25.2 Å². The molecule has 22 heavy (non-hydrogen) atoms. The molecule has 3 heterocycles. The van der Waals surface area contributed by atoms with Gasteiger partial charge in [-0.05, 0) is 26.2 Å². The Morgan fingerprint density at radius 1 is 1.18 bits per heavy atom. The highest BCUT2D eigenvalue weighted by Gasteiger charge is 2.38. The number of aromatic nitrogens is 4. The van der Waals surface area contributed by atoms with Gasteiger partial charge in [0.15, 0.2) is 11.6 Å². The molecule has 0 radical (unpaired) electrons. The zero-order valence-electron chi connectivity index (χ0n) is 12.7. The summed E-state index contributed by atoms with van der Waals surface area (Å²) in [5.41, 5.74) is 0. The van der Waals surface area contributed by atoms with Gasteiger partial charge >= 0.3 is 0 Å². The highest BCUT2D eigenvalue weighted by molar-refractivity contribution is 5.04. The summed E-state index contributed by atoms with van der Waals surface area (Å²) in [5.74, 6) is 3.22. The number of rotatable bonds is 5. The van der Waals surface area contributed by atoms with E-state index in [0.717, 1.165) is 31.7 Å². The van der Waals surface area contributed by atoms with Gasteiger partial charge in [0.05, 0.1) is 18.7 Å². The van der Waals surface area contributed by atoms with E-state index in [-0.39, 0.29) is 12.1 Å². The average Bonchev–Trinajstić information content (AvgIpc) is 2.94. The first-order chi connectivity index (χ1) is 10.7. The summed E-state index contributed by atoms with van der Waals surface area (Å²) in [4.78, 5) is 11.1. The number of hydrogen-bond acceptors (Lipinski definition) is 8. The Kier molecular flexibility index (Phi) is 3.42. The first-order valence-electron chi connectivity index (χ1n) is 7.62. The van der Waals surface area contributed by atoms with E-state index in [9.17, 15) is 0 Å². The maximum atomic E-state index is 5.50. The molecule has 0 aromatic carbocycles. The molecule has 1 saturated carbocycles. The fourth-order valence-electron chi connectivity index (χ4n) is 2.92. The molecule has 0 spiro atoms. The van der Waals surface area contributed by atoms with E-state index in [1.54, 1.807) is 7.11 Å². The van der Waals surface area contributed by atoms with Crippen molar-refractivity contribution >= 4 is 0 Å². The quantitative estimate of drug-likeness (QED) is 0.822. The molecule has 1 aliphatic heterocycles. The SMILES string of the molecule is CO[C@H]1C[C@H](c2nc(C)no2)N(Cc2noc(C3CC3)n2)C1. The molecule has 2 aromatic rings. The molecule has 4 rings (SSSR count). The van der Waals surface area contributed by atoms with Crippen molar-refractivity contribution in [3.8, 4) is 0 Å². The van der Waals surface area contributed by atoms with Crippen molar-refractivity contribution in [2.45, 2.75) is 50.8 Å². The van der Waals surface area contributed by atoms with Gasteiger partial charge in [-0.1, -0.05) is 10.3 Å². The van der Waals surface area contributed by atoms with E-state index in [0.29, 0.717) is 30.0 Å². The zero-order chi connectivity index (χ0) is 15.1. The summed E-state index contributed by atoms with van der Waals surface area (Å²) < 4.78 is 16.2. The molecule has 1 aliphatic carbocycles. The maximum absolute atomic E-state index is 5.50. The molecule has 0 unspecified atom stereocenters. The van der Waals surface area contributed by atoms with Gasteiger partial charge in [-0.3, -0.25) is 4.90 Å². The molecule has 1 saturated heterocycles. The van der Waals surface area contributed by atoms with Crippen molar-refractivity contribution in [1.82, 2.24) is 25.2 Å². The van der Waals surface area contributed by atoms with Gasteiger partial charge in [0.25, 0.3) is 0 Å². The van der Waals surface area contributed by atoms with Crippen LogP contribution in [0.15, 0.2) is 9.05 Å². The first-order valence-corrected chi connectivity index (χ1v) is 7.62. The van der Waals surface area contributed by atoms with Crippen LogP contribution >= 0.6 is 0 Å². The number of nitrogens with zero attached hydrogens (tertiary/aromatic N) is 5. The first kappa shape index (κ1) is 13.8. The van der Waals surface area contributed by atoms with Gasteiger partial charge in [0.2, 0.25) is 11.8 Å². The summed E-state index contributed by atoms with van der Waals surface area (Å²) in [5, 5.41) is 7.98. The van der Waals surface area contributed by atoms with Gasteiger partial charge in [0.1, 0.15) is 0 Å². The lowest BCUT2D eigenvalue weighted by molar-refractivity contribution is 0.106. The minimum absolute atomic E-state index is 0.0361. The molecule has 118 valence electrons. The van der Waals surface area contributed by atoms with Crippen molar-refractivity contribution in [3.63, 3.8) is 0 Å². The molecule has 0 amide bonds. The van der Waals surface area contributed by atoms with Crippen molar-refractivity contribution in [1.29, 1.82) is 0 Å². The smallest absolute Gasteiger partial charge is 0.244 e. The zero-order valence-corrected chi connectivity index (χ0v) is 12.7. The fraction of sp³-hybridized carbons (Fsp3) is 0.714. The minimum atomic E-state index is 0.0361. The Bertz CT molecular complexity index is 650. The van der Waals surface area contributed by atoms with Crippen LogP contribution in [-0.4, -0.2) is 44.9 Å². The lowest BCUT2D eigenvalue weighted by atomic mass is 10.2. The van der Waals surface area contributed by atoms with Crippen molar-refractivity contribution < 1.29 is 13.8 Å². The van der Waals surface area contributed by atoms with Gasteiger partial charge in [-0.2, -0.15) is 9.97 Å². The lowest BCUT2D eigenvalue weighted by Crippen LogP contribution is -2.25. The Morgan fingerprint density at radius 3 is 2.68 bits per heavy atom. The summed E-state index contributed by atoms with van der Waals surface area (Å²) in [6.45, 7) is 3.21. The van der Waals surface area contributed by atoms with Crippen LogP contribution in [0, 0.1) is 6.92 Å². The minimum Gasteiger partial charge on any atom is -0.380 e. The molecule has 8 nitrogen and oxygen atoms in total. The predicted molar refractivity (Wildman–Crippen MR) is 73.9 cm³/mol. The number of methoxy groups -OCH3 is 1. The highest BCUT2D eigenvalue weighted by atomic mass is 16.5. The second-order valence-electron chi connectivity index (χ2n) is 6.04. The Labute approximate surface area is 127 Å². The normalized spacial score (nSPS) is 25.9. The van der Waals surface area contributed by atoms with Crippen LogP contribution in [0.5, 0.6) is 0 Å². The number of aryl methyl sites for hydroxylation is 1. The molecule has 8 heteroatoms. The Morgan fingerprint density at radius 2 is 2.00 bits per heavy atom. The Hall–Kier alpha value is -1.80. The molecule has 2 fully saturated rings. The largest absolute Gasteiger partial charge is 0.380 e. The summed E-state index contributed by atoms with van der Waals surface area (Å²) >= 11 is 0. The Balaban J connectivity index is 1.51. The monoisotopic (exact) mass is 305 g/mol. The molecule has 2 atom stereocenters. The van der Waals surface area contributed by atoms with Crippen molar-refractivity contribution in [2.75, 3.05) is 13.7 Å². The fourth-order valence-corrected chi connectivity index (χ4v) is 2.92. The summed E-state index contributed by atoms with van der Waals surface area (Å²) in [6.07, 6.45) is 3.28. The van der Waals surface area contributed by atoms with E-state index >= 15 is 0 Å². The van der Waals surface area contributed by atoms with Crippen molar-refractivity contribution in [2.24, 2.45) is 0 Å². The molecular weight excluding hydrogens is 286 g/mol. The van der Waals surface area contributed by atoms with E-state index in [1.807, 2.05) is 6.92 Å². The van der Waals surface area contributed by atoms with E-state index in [4.69, 9.17) is 13.8 Å².